The van der Waals surface area contributed by atoms with E-state index in [-0.39, 0.29) is 11.8 Å². The summed E-state index contributed by atoms with van der Waals surface area (Å²) in [6.07, 6.45) is 4.14. The van der Waals surface area contributed by atoms with Gasteiger partial charge >= 0.3 is 0 Å². The van der Waals surface area contributed by atoms with Gasteiger partial charge in [-0.15, -0.1) is 11.8 Å². The molecule has 1 aliphatic rings. The minimum atomic E-state index is -0.631. The van der Waals surface area contributed by atoms with Crippen molar-refractivity contribution in [1.82, 2.24) is 19.9 Å². The molecule has 1 atom stereocenters. The highest BCUT2D eigenvalue weighted by molar-refractivity contribution is 7.99. The Morgan fingerprint density at radius 2 is 2.03 bits per heavy atom. The Hall–Kier alpha value is -3.52. The third-order valence-corrected chi connectivity index (χ3v) is 6.89. The predicted molar refractivity (Wildman–Crippen MR) is 126 cm³/mol. The number of aryl methyl sites for hydroxylation is 1. The molecule has 0 radical (unpaired) electrons. The molecule has 162 valence electrons. The maximum Gasteiger partial charge on any atom is 0.270 e. The number of hydrogen-bond donors (Lipinski definition) is 2. The van der Waals surface area contributed by atoms with Gasteiger partial charge in [0.15, 0.2) is 0 Å². The lowest BCUT2D eigenvalue weighted by atomic mass is 10.1. The molecule has 0 bridgehead atoms. The number of carbonyl (C=O) groups excluding carboxylic acids is 2. The van der Waals surface area contributed by atoms with Crippen LogP contribution in [0.15, 0.2) is 65.8 Å². The van der Waals surface area contributed by atoms with Gasteiger partial charge in [-0.05, 0) is 23.8 Å². The average molecular weight is 446 g/mol. The molecule has 3 heterocycles. The minimum absolute atomic E-state index is 0.135. The van der Waals surface area contributed by atoms with Crippen LogP contribution in [0.1, 0.15) is 21.9 Å². The number of nitrogens with zero attached hydrogens (tertiary/aromatic N) is 3. The summed E-state index contributed by atoms with van der Waals surface area (Å²) < 4.78 is 2.06. The second kappa shape index (κ2) is 8.20. The number of aromatic amines is 1. The van der Waals surface area contributed by atoms with Gasteiger partial charge in [-0.2, -0.15) is 0 Å². The Labute approximate surface area is 189 Å². The molecule has 1 aliphatic heterocycles. The highest BCUT2D eigenvalue weighted by atomic mass is 32.2. The summed E-state index contributed by atoms with van der Waals surface area (Å²) >= 11 is 1.58. The monoisotopic (exact) mass is 445 g/mol. The van der Waals surface area contributed by atoms with Gasteiger partial charge in [0.05, 0.1) is 11.9 Å². The second-order valence-electron chi connectivity index (χ2n) is 7.95. The number of fused-ring (bicyclic) bond motifs is 2. The summed E-state index contributed by atoms with van der Waals surface area (Å²) in [6.45, 7) is 0. The van der Waals surface area contributed by atoms with Crippen LogP contribution >= 0.6 is 11.8 Å². The molecule has 2 aromatic heterocycles. The number of aromatic nitrogens is 3. The molecule has 7 nitrogen and oxygen atoms in total. The first-order valence-electron chi connectivity index (χ1n) is 10.4. The molecule has 2 N–H and O–H groups in total. The van der Waals surface area contributed by atoms with Gasteiger partial charge < -0.3 is 19.8 Å². The van der Waals surface area contributed by atoms with Crippen molar-refractivity contribution >= 4 is 40.2 Å². The number of imidazole rings is 1. The van der Waals surface area contributed by atoms with Crippen molar-refractivity contribution in [2.75, 3.05) is 17.7 Å². The fourth-order valence-corrected chi connectivity index (χ4v) is 5.07. The van der Waals surface area contributed by atoms with Gasteiger partial charge in [0, 0.05) is 48.3 Å². The van der Waals surface area contributed by atoms with Crippen molar-refractivity contribution in [3.8, 4) is 0 Å². The smallest absolute Gasteiger partial charge is 0.270 e. The van der Waals surface area contributed by atoms with Crippen LogP contribution in [-0.4, -0.2) is 45.2 Å². The number of thioether (sulfide) groups is 1. The molecule has 5 rings (SSSR count). The van der Waals surface area contributed by atoms with E-state index in [0.717, 1.165) is 27.0 Å². The van der Waals surface area contributed by atoms with E-state index < -0.39 is 6.04 Å². The standard InChI is InChI=1S/C24H23N5O2S/c1-28-9-8-16-11-20-21(12-19(16)28)32-14-18(24(31)29(20)2)27-23(30)17-13-25-22(26-17)10-15-6-4-3-5-7-15/h3-9,11-13,18H,10,14H2,1-2H3,(H,25,26)(H,27,30)/t18-/m0/s1. The van der Waals surface area contributed by atoms with Gasteiger partial charge in [0.2, 0.25) is 5.91 Å². The molecule has 2 amide bonds. The first-order valence-corrected chi connectivity index (χ1v) is 11.4. The molecule has 2 aromatic carbocycles. The number of H-pyrrole nitrogens is 1. The van der Waals surface area contributed by atoms with Gasteiger partial charge in [0.25, 0.3) is 5.91 Å². The van der Waals surface area contributed by atoms with Crippen molar-refractivity contribution in [2.45, 2.75) is 17.4 Å². The lowest BCUT2D eigenvalue weighted by Crippen LogP contribution is -2.48. The first-order chi connectivity index (χ1) is 15.5. The van der Waals surface area contributed by atoms with E-state index >= 15 is 0 Å². The number of hydrogen-bond acceptors (Lipinski definition) is 4. The lowest BCUT2D eigenvalue weighted by Gasteiger charge is -2.21. The number of likely N-dealkylation sites (N-methyl/N-ethyl adjacent to an activating group) is 1. The average Bonchev–Trinajstić information content (AvgIpc) is 3.39. The molecule has 0 saturated heterocycles. The number of nitrogens with one attached hydrogen (secondary N) is 2. The predicted octanol–water partition coefficient (Wildman–Crippen LogP) is 3.36. The zero-order valence-electron chi connectivity index (χ0n) is 17.8. The van der Waals surface area contributed by atoms with Crippen LogP contribution in [0.3, 0.4) is 0 Å². The number of rotatable bonds is 4. The summed E-state index contributed by atoms with van der Waals surface area (Å²) in [7, 11) is 3.76. The van der Waals surface area contributed by atoms with E-state index in [1.165, 1.54) is 6.20 Å². The van der Waals surface area contributed by atoms with Crippen LogP contribution in [-0.2, 0) is 18.3 Å². The quantitative estimate of drug-likeness (QED) is 0.505. The zero-order valence-corrected chi connectivity index (χ0v) is 18.6. The van der Waals surface area contributed by atoms with Gasteiger partial charge in [-0.1, -0.05) is 30.3 Å². The Balaban J connectivity index is 1.32. The topological polar surface area (TPSA) is 83.0 Å². The molecule has 0 aliphatic carbocycles. The molecule has 0 fully saturated rings. The number of carbonyl (C=O) groups is 2. The van der Waals surface area contributed by atoms with Crippen LogP contribution in [0.2, 0.25) is 0 Å². The van der Waals surface area contributed by atoms with Crippen LogP contribution in [0, 0.1) is 0 Å². The number of benzene rings is 2. The SMILES string of the molecule is CN1C(=O)[C@@H](NC(=O)c2cnc(Cc3ccccc3)[nH]2)CSc2cc3c(ccn3C)cc21. The summed E-state index contributed by atoms with van der Waals surface area (Å²) in [6, 6.07) is 15.5. The zero-order chi connectivity index (χ0) is 22.2. The van der Waals surface area contributed by atoms with Crippen LogP contribution in [0.25, 0.3) is 10.9 Å². The molecular weight excluding hydrogens is 422 g/mol. The Morgan fingerprint density at radius 3 is 2.84 bits per heavy atom. The van der Waals surface area contributed by atoms with Crippen LogP contribution < -0.4 is 10.2 Å². The third kappa shape index (κ3) is 3.78. The summed E-state index contributed by atoms with van der Waals surface area (Å²) in [4.78, 5) is 36.0. The molecule has 0 spiro atoms. The molecule has 0 unspecified atom stereocenters. The Morgan fingerprint density at radius 1 is 1.22 bits per heavy atom. The highest BCUT2D eigenvalue weighted by Gasteiger charge is 2.31. The van der Waals surface area contributed by atoms with Gasteiger partial charge in [0.1, 0.15) is 17.6 Å². The van der Waals surface area contributed by atoms with Crippen molar-refractivity contribution in [2.24, 2.45) is 7.05 Å². The van der Waals surface area contributed by atoms with Gasteiger partial charge in [-0.25, -0.2) is 4.98 Å². The van der Waals surface area contributed by atoms with E-state index in [2.05, 4.69) is 25.9 Å². The maximum absolute atomic E-state index is 13.1. The second-order valence-corrected chi connectivity index (χ2v) is 9.01. The fraction of sp³-hybridized carbons (Fsp3) is 0.208. The van der Waals surface area contributed by atoms with E-state index in [4.69, 9.17) is 0 Å². The molecule has 4 aromatic rings. The molecular formula is C24H23N5O2S. The van der Waals surface area contributed by atoms with Crippen molar-refractivity contribution in [3.63, 3.8) is 0 Å². The van der Waals surface area contributed by atoms with Crippen molar-refractivity contribution < 1.29 is 9.59 Å². The Kier molecular flexibility index (Phi) is 5.22. The first kappa shape index (κ1) is 20.4. The van der Waals surface area contributed by atoms with Crippen LogP contribution in [0.4, 0.5) is 5.69 Å². The molecule has 8 heteroatoms. The fourth-order valence-electron chi connectivity index (χ4n) is 3.96. The lowest BCUT2D eigenvalue weighted by molar-refractivity contribution is -0.119. The minimum Gasteiger partial charge on any atom is -0.351 e. The normalized spacial score (nSPS) is 16.1. The largest absolute Gasteiger partial charge is 0.351 e. The number of amides is 2. The van der Waals surface area contributed by atoms with E-state index in [0.29, 0.717) is 23.7 Å². The Bertz CT molecular complexity index is 1310. The summed E-state index contributed by atoms with van der Waals surface area (Å²) in [5.74, 6) is 0.700. The van der Waals surface area contributed by atoms with Crippen molar-refractivity contribution in [1.29, 1.82) is 0 Å². The third-order valence-electron chi connectivity index (χ3n) is 5.75. The molecule has 32 heavy (non-hydrogen) atoms. The van der Waals surface area contributed by atoms with E-state index in [1.54, 1.807) is 23.7 Å². The number of anilines is 1. The molecule has 0 saturated carbocycles. The van der Waals surface area contributed by atoms with Gasteiger partial charge in [-0.3, -0.25) is 9.59 Å². The summed E-state index contributed by atoms with van der Waals surface area (Å²) in [5.41, 5.74) is 3.44. The highest BCUT2D eigenvalue weighted by Crippen LogP contribution is 2.37. The van der Waals surface area contributed by atoms with E-state index in [1.807, 2.05) is 55.7 Å². The van der Waals surface area contributed by atoms with Crippen LogP contribution in [0.5, 0.6) is 0 Å². The van der Waals surface area contributed by atoms with Crippen molar-refractivity contribution in [3.05, 3.63) is 78.0 Å². The maximum atomic E-state index is 13.1. The van der Waals surface area contributed by atoms with E-state index in [9.17, 15) is 9.59 Å². The summed E-state index contributed by atoms with van der Waals surface area (Å²) in [5, 5.41) is 3.97.